The number of piperidine rings is 1. The van der Waals surface area contributed by atoms with Crippen molar-refractivity contribution in [1.29, 1.82) is 0 Å². The third-order valence-corrected chi connectivity index (χ3v) is 8.07. The molecule has 0 amide bonds. The van der Waals surface area contributed by atoms with E-state index in [9.17, 15) is 18.5 Å². The predicted molar refractivity (Wildman–Crippen MR) is 111 cm³/mol. The lowest BCUT2D eigenvalue weighted by Crippen LogP contribution is -2.55. The quantitative estimate of drug-likeness (QED) is 0.557. The van der Waals surface area contributed by atoms with Crippen LogP contribution in [0.3, 0.4) is 0 Å². The fourth-order valence-electron chi connectivity index (χ4n) is 4.32. The third kappa shape index (κ3) is 3.67. The smallest absolute Gasteiger partial charge is 0.282 e. The van der Waals surface area contributed by atoms with Gasteiger partial charge in [0.25, 0.3) is 15.9 Å². The molecule has 0 saturated carbocycles. The van der Waals surface area contributed by atoms with Crippen molar-refractivity contribution in [2.24, 2.45) is 0 Å². The molecule has 0 spiro atoms. The van der Waals surface area contributed by atoms with E-state index in [1.807, 2.05) is 6.92 Å². The number of pyridine rings is 1. The van der Waals surface area contributed by atoms with Crippen molar-refractivity contribution in [2.75, 3.05) is 37.6 Å². The zero-order valence-electron chi connectivity index (χ0n) is 16.4. The van der Waals surface area contributed by atoms with Crippen molar-refractivity contribution < 1.29 is 13.3 Å². The molecule has 1 aromatic heterocycles. The van der Waals surface area contributed by atoms with Crippen LogP contribution in [-0.2, 0) is 10.2 Å². The number of nitro groups is 1. The van der Waals surface area contributed by atoms with Crippen LogP contribution in [0.4, 0.5) is 11.4 Å². The SMILES string of the molecule is C[C@@H]1CCCCN1S(=O)(=O)N1CCN(c2ccc([N+](=O)[O-])c3cnccc23)CC1. The van der Waals surface area contributed by atoms with E-state index in [1.165, 1.54) is 12.3 Å². The summed E-state index contributed by atoms with van der Waals surface area (Å²) in [5.74, 6) is 0. The maximum absolute atomic E-state index is 13.1. The minimum absolute atomic E-state index is 0.0251. The summed E-state index contributed by atoms with van der Waals surface area (Å²) in [6.07, 6.45) is 6.01. The number of fused-ring (bicyclic) bond motifs is 1. The summed E-state index contributed by atoms with van der Waals surface area (Å²) >= 11 is 0. The molecule has 10 heteroatoms. The summed E-state index contributed by atoms with van der Waals surface area (Å²) in [4.78, 5) is 17.0. The van der Waals surface area contributed by atoms with Gasteiger partial charge in [0, 0.05) is 68.3 Å². The zero-order valence-corrected chi connectivity index (χ0v) is 17.2. The molecular formula is C19H25N5O4S. The molecule has 0 aliphatic carbocycles. The number of aromatic nitrogens is 1. The first-order valence-corrected chi connectivity index (χ1v) is 11.3. The van der Waals surface area contributed by atoms with Crippen LogP contribution in [0, 0.1) is 10.1 Å². The van der Waals surface area contributed by atoms with Gasteiger partial charge in [0.1, 0.15) is 0 Å². The second kappa shape index (κ2) is 7.85. The van der Waals surface area contributed by atoms with Gasteiger partial charge in [-0.25, -0.2) is 0 Å². The number of nitrogens with zero attached hydrogens (tertiary/aromatic N) is 5. The Kier molecular flexibility index (Phi) is 5.41. The predicted octanol–water partition coefficient (Wildman–Crippen LogP) is 2.38. The largest absolute Gasteiger partial charge is 0.368 e. The van der Waals surface area contributed by atoms with Gasteiger partial charge in [0.15, 0.2) is 0 Å². The van der Waals surface area contributed by atoms with Gasteiger partial charge in [-0.15, -0.1) is 0 Å². The normalized spacial score (nSPS) is 22.1. The van der Waals surface area contributed by atoms with Crippen molar-refractivity contribution in [3.05, 3.63) is 40.7 Å². The first-order chi connectivity index (χ1) is 13.9. The van der Waals surface area contributed by atoms with Crippen LogP contribution in [0.5, 0.6) is 0 Å². The Hall–Kier alpha value is -2.30. The molecule has 2 saturated heterocycles. The van der Waals surface area contributed by atoms with Gasteiger partial charge in [-0.3, -0.25) is 15.1 Å². The molecule has 0 unspecified atom stereocenters. The summed E-state index contributed by atoms with van der Waals surface area (Å²) in [7, 11) is -3.46. The van der Waals surface area contributed by atoms with E-state index in [1.54, 1.807) is 26.9 Å². The highest BCUT2D eigenvalue weighted by molar-refractivity contribution is 7.86. The van der Waals surface area contributed by atoms with E-state index < -0.39 is 15.1 Å². The van der Waals surface area contributed by atoms with E-state index in [4.69, 9.17) is 0 Å². The average molecular weight is 420 g/mol. The zero-order chi connectivity index (χ0) is 20.6. The Morgan fingerprint density at radius 2 is 1.83 bits per heavy atom. The number of piperazine rings is 1. The van der Waals surface area contributed by atoms with Crippen LogP contribution in [0.2, 0.25) is 0 Å². The first kappa shape index (κ1) is 20.0. The molecule has 0 N–H and O–H groups in total. The van der Waals surface area contributed by atoms with Crippen molar-refractivity contribution in [3.8, 4) is 0 Å². The van der Waals surface area contributed by atoms with Gasteiger partial charge in [-0.2, -0.15) is 17.0 Å². The molecule has 0 bridgehead atoms. The topological polar surface area (TPSA) is 99.9 Å². The van der Waals surface area contributed by atoms with Crippen molar-refractivity contribution in [3.63, 3.8) is 0 Å². The third-order valence-electron chi connectivity index (χ3n) is 5.91. The van der Waals surface area contributed by atoms with E-state index in [-0.39, 0.29) is 11.7 Å². The second-order valence-electron chi connectivity index (χ2n) is 7.63. The van der Waals surface area contributed by atoms with Gasteiger partial charge < -0.3 is 4.90 Å². The molecule has 4 rings (SSSR count). The van der Waals surface area contributed by atoms with Crippen molar-refractivity contribution >= 4 is 32.4 Å². The summed E-state index contributed by atoms with van der Waals surface area (Å²) in [6.45, 7) is 4.44. The number of non-ortho nitro benzene ring substituents is 1. The minimum atomic E-state index is -3.46. The molecule has 2 aromatic rings. The molecule has 2 aliphatic heterocycles. The van der Waals surface area contributed by atoms with Crippen LogP contribution in [0.25, 0.3) is 10.8 Å². The van der Waals surface area contributed by atoms with Crippen LogP contribution < -0.4 is 4.90 Å². The Morgan fingerprint density at radius 1 is 1.07 bits per heavy atom. The van der Waals surface area contributed by atoms with Gasteiger partial charge in [-0.1, -0.05) is 6.42 Å². The number of hydrogen-bond acceptors (Lipinski definition) is 6. The first-order valence-electron chi connectivity index (χ1n) is 9.92. The highest BCUT2D eigenvalue weighted by Gasteiger charge is 2.36. The molecule has 2 aliphatic rings. The molecule has 3 heterocycles. The molecular weight excluding hydrogens is 394 g/mol. The summed E-state index contributed by atoms with van der Waals surface area (Å²) in [5.41, 5.74) is 0.897. The maximum atomic E-state index is 13.1. The van der Waals surface area contributed by atoms with Crippen molar-refractivity contribution in [2.45, 2.75) is 32.2 Å². The molecule has 1 atom stereocenters. The van der Waals surface area contributed by atoms with Gasteiger partial charge in [-0.05, 0) is 31.9 Å². The average Bonchev–Trinajstić information content (AvgIpc) is 2.73. The standard InChI is InChI=1S/C19H25N5O4S/c1-15-4-2-3-9-23(15)29(27,28)22-12-10-21(11-13-22)18-5-6-19(24(25)26)17-14-20-8-7-16(17)18/h5-8,14-15H,2-4,9-13H2,1H3/t15-/m1/s1. The number of benzene rings is 1. The molecule has 1 aromatic carbocycles. The van der Waals surface area contributed by atoms with Gasteiger partial charge in [0.05, 0.1) is 10.3 Å². The number of nitro benzene ring substituents is 1. The van der Waals surface area contributed by atoms with E-state index >= 15 is 0 Å². The lowest BCUT2D eigenvalue weighted by molar-refractivity contribution is -0.383. The fourth-order valence-corrected chi connectivity index (χ4v) is 6.16. The van der Waals surface area contributed by atoms with Crippen LogP contribution in [0.15, 0.2) is 30.6 Å². The molecule has 9 nitrogen and oxygen atoms in total. The summed E-state index contributed by atoms with van der Waals surface area (Å²) in [6, 6.07) is 5.06. The molecule has 0 radical (unpaired) electrons. The molecule has 29 heavy (non-hydrogen) atoms. The second-order valence-corrected chi connectivity index (χ2v) is 9.51. The lowest BCUT2D eigenvalue weighted by atomic mass is 10.1. The Morgan fingerprint density at radius 3 is 2.52 bits per heavy atom. The van der Waals surface area contributed by atoms with Crippen molar-refractivity contribution in [1.82, 2.24) is 13.6 Å². The highest BCUT2D eigenvalue weighted by atomic mass is 32.2. The van der Waals surface area contributed by atoms with Crippen LogP contribution in [0.1, 0.15) is 26.2 Å². The van der Waals surface area contributed by atoms with E-state index in [2.05, 4.69) is 9.88 Å². The number of rotatable bonds is 4. The fraction of sp³-hybridized carbons (Fsp3) is 0.526. The maximum Gasteiger partial charge on any atom is 0.282 e. The molecule has 156 valence electrons. The Balaban J connectivity index is 1.55. The van der Waals surface area contributed by atoms with Crippen LogP contribution in [-0.4, -0.2) is 65.7 Å². The van der Waals surface area contributed by atoms with E-state index in [0.717, 1.165) is 30.3 Å². The van der Waals surface area contributed by atoms with Crippen LogP contribution >= 0.6 is 0 Å². The number of anilines is 1. The monoisotopic (exact) mass is 419 g/mol. The summed E-state index contributed by atoms with van der Waals surface area (Å²) < 4.78 is 29.4. The Labute approximate surface area is 170 Å². The van der Waals surface area contributed by atoms with Gasteiger partial charge >= 0.3 is 0 Å². The minimum Gasteiger partial charge on any atom is -0.368 e. The van der Waals surface area contributed by atoms with E-state index in [0.29, 0.717) is 38.1 Å². The number of hydrogen-bond donors (Lipinski definition) is 0. The molecule has 2 fully saturated rings. The lowest BCUT2D eigenvalue weighted by Gasteiger charge is -2.40. The highest BCUT2D eigenvalue weighted by Crippen LogP contribution is 2.34. The summed E-state index contributed by atoms with van der Waals surface area (Å²) in [5, 5.41) is 12.6. The van der Waals surface area contributed by atoms with Gasteiger partial charge in [0.2, 0.25) is 0 Å². The Bertz CT molecular complexity index is 1020.